The lowest BCUT2D eigenvalue weighted by Gasteiger charge is -2.47. The highest BCUT2D eigenvalue weighted by atomic mass is 15.2. The normalized spacial score (nSPS) is 13.0. The summed E-state index contributed by atoms with van der Waals surface area (Å²) in [5.74, 6) is 0. The third-order valence-corrected chi connectivity index (χ3v) is 14.9. The van der Waals surface area contributed by atoms with Crippen LogP contribution in [-0.4, -0.2) is 11.3 Å². The van der Waals surface area contributed by atoms with Gasteiger partial charge in [-0.25, -0.2) is 0 Å². The zero-order valence-corrected chi connectivity index (χ0v) is 37.9. The molecule has 0 radical (unpaired) electrons. The second-order valence-corrected chi connectivity index (χ2v) is 18.6. The van der Waals surface area contributed by atoms with Crippen LogP contribution in [0.15, 0.2) is 224 Å². The largest absolute Gasteiger partial charge is 0.311 e. The first-order chi connectivity index (χ1) is 33.6. The first-order valence-corrected chi connectivity index (χ1v) is 23.8. The smallest absolute Gasteiger partial charge is 0.252 e. The van der Waals surface area contributed by atoms with Gasteiger partial charge in [0.05, 0.1) is 16.7 Å². The van der Waals surface area contributed by atoms with Crippen LogP contribution >= 0.6 is 0 Å². The molecule has 2 aliphatic heterocycles. The molecule has 0 amide bonds. The standard InChI is InChI=1S/C63H45BN4/c1-41-28-32-48(33-29-41)67-57-26-15-25-56-62(57)64(61-53-38-45(42(53)2)39-60(61)67)54-37-36-50(40-59(54)66(56)49-34-30-44(31-35-49)43-16-6-3-7-17-43)65(46-18-8-4-9-19-46)58-27-14-23-52-51-22-12-13-24-55(51)68(63(52)58)47-20-10-5-11-21-47/h3-37,39-40H,38H2,1-2H3. The van der Waals surface area contributed by atoms with E-state index in [1.165, 1.54) is 100 Å². The number of nitrogens with zero attached hydrogens (tertiary/aromatic N) is 4. The molecule has 320 valence electrons. The van der Waals surface area contributed by atoms with Crippen molar-refractivity contribution in [3.63, 3.8) is 0 Å². The maximum Gasteiger partial charge on any atom is 0.252 e. The Morgan fingerprint density at radius 3 is 1.79 bits per heavy atom. The van der Waals surface area contributed by atoms with Gasteiger partial charge < -0.3 is 19.3 Å². The van der Waals surface area contributed by atoms with Crippen LogP contribution in [-0.2, 0) is 6.42 Å². The number of hydrogen-bond donors (Lipinski definition) is 0. The Morgan fingerprint density at radius 1 is 0.441 bits per heavy atom. The lowest BCUT2D eigenvalue weighted by atomic mass is 9.32. The summed E-state index contributed by atoms with van der Waals surface area (Å²) in [6, 6.07) is 83.0. The molecule has 11 aromatic rings. The summed E-state index contributed by atoms with van der Waals surface area (Å²) in [7, 11) is 0. The summed E-state index contributed by atoms with van der Waals surface area (Å²) in [6.45, 7) is 4.54. The van der Waals surface area contributed by atoms with Gasteiger partial charge in [0.25, 0.3) is 6.71 Å². The van der Waals surface area contributed by atoms with Crippen LogP contribution in [0.2, 0.25) is 0 Å². The summed E-state index contributed by atoms with van der Waals surface area (Å²) < 4.78 is 2.45. The number of rotatable bonds is 7. The maximum atomic E-state index is 2.54. The van der Waals surface area contributed by atoms with Crippen LogP contribution < -0.4 is 31.1 Å². The molecule has 1 aromatic heterocycles. The van der Waals surface area contributed by atoms with Gasteiger partial charge in [0.1, 0.15) is 0 Å². The van der Waals surface area contributed by atoms with Crippen molar-refractivity contribution in [2.24, 2.45) is 0 Å². The van der Waals surface area contributed by atoms with E-state index in [9.17, 15) is 0 Å². The number of hydrogen-bond acceptors (Lipinski definition) is 3. The lowest BCUT2D eigenvalue weighted by molar-refractivity contribution is 1.03. The molecule has 4 aliphatic rings. The van der Waals surface area contributed by atoms with Crippen molar-refractivity contribution in [2.75, 3.05) is 14.7 Å². The number of aryl methyl sites for hydroxylation is 2. The number of anilines is 9. The van der Waals surface area contributed by atoms with Crippen molar-refractivity contribution in [3.05, 3.63) is 247 Å². The molecule has 0 fully saturated rings. The van der Waals surface area contributed by atoms with Crippen LogP contribution in [0.1, 0.15) is 22.3 Å². The van der Waals surface area contributed by atoms with Crippen LogP contribution in [0.4, 0.5) is 51.2 Å². The van der Waals surface area contributed by atoms with E-state index in [0.29, 0.717) is 0 Å². The molecule has 2 bridgehead atoms. The van der Waals surface area contributed by atoms with Crippen molar-refractivity contribution in [1.82, 2.24) is 4.57 Å². The fourth-order valence-corrected chi connectivity index (χ4v) is 11.7. The zero-order valence-electron chi connectivity index (χ0n) is 37.9. The van der Waals surface area contributed by atoms with Crippen LogP contribution in [0.5, 0.6) is 0 Å². The Hall–Kier alpha value is -8.54. The molecule has 0 atom stereocenters. The van der Waals surface area contributed by atoms with Gasteiger partial charge in [-0.15, -0.1) is 0 Å². The van der Waals surface area contributed by atoms with Gasteiger partial charge in [-0.1, -0.05) is 139 Å². The summed E-state index contributed by atoms with van der Waals surface area (Å²) in [5.41, 5.74) is 26.1. The molecule has 0 spiro atoms. The van der Waals surface area contributed by atoms with Gasteiger partial charge in [-0.05, 0) is 155 Å². The number of benzene rings is 10. The van der Waals surface area contributed by atoms with Crippen molar-refractivity contribution in [2.45, 2.75) is 20.3 Å². The predicted molar refractivity (Wildman–Crippen MR) is 287 cm³/mol. The second-order valence-electron chi connectivity index (χ2n) is 18.6. The number of aromatic nitrogens is 1. The van der Waals surface area contributed by atoms with Gasteiger partial charge in [-0.3, -0.25) is 0 Å². The average molecular weight is 869 g/mol. The molecule has 3 heterocycles. The highest BCUT2D eigenvalue weighted by molar-refractivity contribution is 7.00. The quantitative estimate of drug-likeness (QED) is 0.148. The molecule has 15 rings (SSSR count). The maximum absolute atomic E-state index is 2.54. The summed E-state index contributed by atoms with van der Waals surface area (Å²) in [6.07, 6.45) is 1.01. The summed E-state index contributed by atoms with van der Waals surface area (Å²) in [5, 5.41) is 2.45. The van der Waals surface area contributed by atoms with Crippen LogP contribution in [0.25, 0.3) is 38.6 Å². The van der Waals surface area contributed by atoms with E-state index in [1.807, 2.05) is 0 Å². The molecular weight excluding hydrogens is 824 g/mol. The Kier molecular flexibility index (Phi) is 8.54. The topological polar surface area (TPSA) is 14.7 Å². The molecular formula is C63H45BN4. The Balaban J connectivity index is 1.04. The molecule has 10 aromatic carbocycles. The third kappa shape index (κ3) is 5.69. The van der Waals surface area contributed by atoms with Crippen LogP contribution in [0.3, 0.4) is 0 Å². The summed E-state index contributed by atoms with van der Waals surface area (Å²) in [4.78, 5) is 7.55. The van der Waals surface area contributed by atoms with Crippen LogP contribution in [0, 0.1) is 13.8 Å². The van der Waals surface area contributed by atoms with E-state index in [4.69, 9.17) is 0 Å². The van der Waals surface area contributed by atoms with Gasteiger partial charge in [0.2, 0.25) is 0 Å². The molecule has 0 saturated carbocycles. The highest BCUT2D eigenvalue weighted by Gasteiger charge is 2.46. The van der Waals surface area contributed by atoms with Crippen molar-refractivity contribution < 1.29 is 0 Å². The summed E-state index contributed by atoms with van der Waals surface area (Å²) >= 11 is 0. The van der Waals surface area contributed by atoms with E-state index in [-0.39, 0.29) is 6.71 Å². The van der Waals surface area contributed by atoms with E-state index < -0.39 is 0 Å². The lowest BCUT2D eigenvalue weighted by Crippen LogP contribution is -2.63. The number of fused-ring (bicyclic) bond motifs is 5. The average Bonchev–Trinajstić information content (AvgIpc) is 3.74. The third-order valence-electron chi connectivity index (χ3n) is 14.9. The molecule has 4 nitrogen and oxygen atoms in total. The van der Waals surface area contributed by atoms with E-state index in [0.717, 1.165) is 34.9 Å². The van der Waals surface area contributed by atoms with Gasteiger partial charge in [0.15, 0.2) is 0 Å². The first kappa shape index (κ1) is 38.7. The van der Waals surface area contributed by atoms with Gasteiger partial charge in [-0.2, -0.15) is 0 Å². The SMILES string of the molecule is Cc1ccc(N2c3cccc4c3B(c3ccc(N(c5ccccc5)c5cccc6c7ccccc7n(-c7ccccc7)c56)cc3N4c3ccc(-c4ccccc4)cc3)c3c2cc2c(C)c3C2)cc1. The predicted octanol–water partition coefficient (Wildman–Crippen LogP) is 14.5. The van der Waals surface area contributed by atoms with Crippen molar-refractivity contribution in [3.8, 4) is 16.8 Å². The molecule has 68 heavy (non-hydrogen) atoms. The minimum atomic E-state index is 0.0408. The van der Waals surface area contributed by atoms with E-state index in [1.54, 1.807) is 0 Å². The van der Waals surface area contributed by atoms with Gasteiger partial charge in [0, 0.05) is 62.0 Å². The fraction of sp³-hybridized carbons (Fsp3) is 0.0476. The molecule has 0 saturated heterocycles. The Bertz CT molecular complexity index is 3790. The molecule has 0 unspecified atom stereocenters. The fourth-order valence-electron chi connectivity index (χ4n) is 11.7. The Morgan fingerprint density at radius 2 is 1.06 bits per heavy atom. The van der Waals surface area contributed by atoms with E-state index >= 15 is 0 Å². The highest BCUT2D eigenvalue weighted by Crippen LogP contribution is 2.49. The van der Waals surface area contributed by atoms with Crippen molar-refractivity contribution in [1.29, 1.82) is 0 Å². The van der Waals surface area contributed by atoms with E-state index in [2.05, 4.69) is 258 Å². The Labute approximate surface area is 397 Å². The molecule has 2 aliphatic carbocycles. The molecule has 5 heteroatoms. The molecule has 0 N–H and O–H groups in total. The minimum Gasteiger partial charge on any atom is -0.311 e. The second kappa shape index (κ2) is 15.0. The minimum absolute atomic E-state index is 0.0408. The number of para-hydroxylation sites is 4. The first-order valence-electron chi connectivity index (χ1n) is 23.8. The van der Waals surface area contributed by atoms with Gasteiger partial charge >= 0.3 is 0 Å². The monoisotopic (exact) mass is 868 g/mol. The van der Waals surface area contributed by atoms with Crippen molar-refractivity contribution >= 4 is 96.1 Å². The zero-order chi connectivity index (χ0) is 45.0.